The summed E-state index contributed by atoms with van der Waals surface area (Å²) in [6, 6.07) is 10.5. The highest BCUT2D eigenvalue weighted by Crippen LogP contribution is 2.14. The number of aliphatic imine (C=N–C) groups is 1. The van der Waals surface area contributed by atoms with Crippen LogP contribution in [-0.2, 0) is 26.7 Å². The first-order valence-electron chi connectivity index (χ1n) is 8.81. The molecule has 0 bridgehead atoms. The lowest BCUT2D eigenvalue weighted by Gasteiger charge is -2.22. The Morgan fingerprint density at radius 1 is 1.30 bits per heavy atom. The Bertz CT molecular complexity index is 897. The van der Waals surface area contributed by atoms with Crippen LogP contribution in [0.25, 0.3) is 0 Å². The fraction of sp³-hybridized carbons (Fsp3) is 0.300. The Balaban J connectivity index is 1.59. The van der Waals surface area contributed by atoms with Crippen molar-refractivity contribution in [3.8, 4) is 0 Å². The highest BCUT2D eigenvalue weighted by atomic mass is 35.5. The molecule has 0 fully saturated rings. The first kappa shape index (κ1) is 19.0. The number of nitrogens with one attached hydrogen (secondary N) is 1. The van der Waals surface area contributed by atoms with E-state index in [1.807, 2.05) is 43.4 Å². The van der Waals surface area contributed by atoms with Crippen molar-refractivity contribution in [1.82, 2.24) is 24.3 Å². The van der Waals surface area contributed by atoms with Crippen LogP contribution >= 0.6 is 11.6 Å². The van der Waals surface area contributed by atoms with E-state index < -0.39 is 0 Å². The molecule has 3 aromatic rings. The number of guanidine groups is 1. The standard InChI is InChI=1S/C20H25ClN6/c1-22-20(26(3)14-19-10-18(21)13-25(19)2)24-11-16-5-4-6-17(9-16)12-27-8-7-23-15-27/h4-10,13,15H,11-12,14H2,1-3H3,(H,22,24). The molecular weight excluding hydrogens is 360 g/mol. The quantitative estimate of drug-likeness (QED) is 0.524. The summed E-state index contributed by atoms with van der Waals surface area (Å²) in [7, 11) is 5.81. The summed E-state index contributed by atoms with van der Waals surface area (Å²) in [4.78, 5) is 10.6. The Morgan fingerprint density at radius 3 is 2.78 bits per heavy atom. The maximum absolute atomic E-state index is 6.08. The molecular formula is C20H25ClN6. The van der Waals surface area contributed by atoms with Crippen LogP contribution in [0.2, 0.25) is 5.02 Å². The third kappa shape index (κ3) is 5.14. The van der Waals surface area contributed by atoms with Gasteiger partial charge in [0.1, 0.15) is 0 Å². The van der Waals surface area contributed by atoms with E-state index in [4.69, 9.17) is 11.6 Å². The molecule has 6 nitrogen and oxygen atoms in total. The van der Waals surface area contributed by atoms with Crippen LogP contribution in [0.15, 0.2) is 60.2 Å². The second-order valence-corrected chi connectivity index (χ2v) is 7.01. The van der Waals surface area contributed by atoms with E-state index in [0.29, 0.717) is 6.54 Å². The Hall–Kier alpha value is -2.73. The van der Waals surface area contributed by atoms with Gasteiger partial charge < -0.3 is 19.4 Å². The van der Waals surface area contributed by atoms with E-state index in [1.54, 1.807) is 13.2 Å². The number of imidazole rings is 1. The predicted molar refractivity (Wildman–Crippen MR) is 110 cm³/mol. The van der Waals surface area contributed by atoms with Crippen molar-refractivity contribution >= 4 is 17.6 Å². The first-order chi connectivity index (χ1) is 13.0. The third-order valence-electron chi connectivity index (χ3n) is 4.41. The summed E-state index contributed by atoms with van der Waals surface area (Å²) in [6.45, 7) is 2.25. The smallest absolute Gasteiger partial charge is 0.194 e. The summed E-state index contributed by atoms with van der Waals surface area (Å²) in [5.41, 5.74) is 3.59. The molecule has 7 heteroatoms. The number of benzene rings is 1. The summed E-state index contributed by atoms with van der Waals surface area (Å²) in [6.07, 6.45) is 7.51. The first-order valence-corrected chi connectivity index (χ1v) is 9.19. The molecule has 0 unspecified atom stereocenters. The maximum atomic E-state index is 6.08. The minimum absolute atomic E-state index is 0.711. The van der Waals surface area contributed by atoms with Crippen LogP contribution in [-0.4, -0.2) is 39.1 Å². The van der Waals surface area contributed by atoms with Gasteiger partial charge in [0.25, 0.3) is 0 Å². The summed E-state index contributed by atoms with van der Waals surface area (Å²) < 4.78 is 4.09. The molecule has 0 aliphatic heterocycles. The fourth-order valence-corrected chi connectivity index (χ4v) is 3.31. The highest BCUT2D eigenvalue weighted by molar-refractivity contribution is 6.30. The lowest BCUT2D eigenvalue weighted by atomic mass is 10.1. The molecule has 27 heavy (non-hydrogen) atoms. The number of rotatable bonds is 6. The Kier molecular flexibility index (Phi) is 6.19. The van der Waals surface area contributed by atoms with Crippen LogP contribution in [0.5, 0.6) is 0 Å². The predicted octanol–water partition coefficient (Wildman–Crippen LogP) is 3.13. The van der Waals surface area contributed by atoms with Gasteiger partial charge in [-0.3, -0.25) is 4.99 Å². The van der Waals surface area contributed by atoms with E-state index in [9.17, 15) is 0 Å². The molecule has 1 N–H and O–H groups in total. The zero-order chi connectivity index (χ0) is 19.2. The molecule has 0 spiro atoms. The van der Waals surface area contributed by atoms with E-state index >= 15 is 0 Å². The Labute approximate surface area is 165 Å². The van der Waals surface area contributed by atoms with Gasteiger partial charge in [0.05, 0.1) is 17.9 Å². The lowest BCUT2D eigenvalue weighted by molar-refractivity contribution is 0.461. The number of nitrogens with zero attached hydrogens (tertiary/aromatic N) is 5. The summed E-state index contributed by atoms with van der Waals surface area (Å²) in [5.74, 6) is 0.840. The number of hydrogen-bond acceptors (Lipinski definition) is 2. The van der Waals surface area contributed by atoms with E-state index in [1.165, 1.54) is 11.1 Å². The number of aryl methyl sites for hydroxylation is 1. The zero-order valence-electron chi connectivity index (χ0n) is 15.9. The molecule has 2 aromatic heterocycles. The molecule has 0 aliphatic carbocycles. The number of hydrogen-bond donors (Lipinski definition) is 1. The molecule has 0 amide bonds. The van der Waals surface area contributed by atoms with Crippen molar-refractivity contribution in [2.24, 2.45) is 12.0 Å². The third-order valence-corrected chi connectivity index (χ3v) is 4.62. The molecule has 1 aromatic carbocycles. The van der Waals surface area contributed by atoms with Crippen LogP contribution < -0.4 is 5.32 Å². The van der Waals surface area contributed by atoms with Gasteiger partial charge in [-0.1, -0.05) is 35.9 Å². The van der Waals surface area contributed by atoms with Gasteiger partial charge in [-0.2, -0.15) is 0 Å². The molecule has 0 radical (unpaired) electrons. The van der Waals surface area contributed by atoms with Crippen LogP contribution in [0.1, 0.15) is 16.8 Å². The van der Waals surface area contributed by atoms with Gasteiger partial charge in [-0.05, 0) is 17.2 Å². The van der Waals surface area contributed by atoms with Crippen molar-refractivity contribution < 1.29 is 0 Å². The molecule has 142 valence electrons. The molecule has 0 aliphatic rings. The Morgan fingerprint density at radius 2 is 2.11 bits per heavy atom. The minimum Gasteiger partial charge on any atom is -0.352 e. The van der Waals surface area contributed by atoms with Gasteiger partial charge in [-0.25, -0.2) is 4.98 Å². The van der Waals surface area contributed by atoms with Gasteiger partial charge in [0.15, 0.2) is 5.96 Å². The van der Waals surface area contributed by atoms with Crippen molar-refractivity contribution in [2.45, 2.75) is 19.6 Å². The van der Waals surface area contributed by atoms with Crippen LogP contribution in [0, 0.1) is 0 Å². The van der Waals surface area contributed by atoms with Gasteiger partial charge in [-0.15, -0.1) is 0 Å². The number of halogens is 1. The van der Waals surface area contributed by atoms with E-state index in [2.05, 4.69) is 49.0 Å². The summed E-state index contributed by atoms with van der Waals surface area (Å²) >= 11 is 6.08. The normalized spacial score (nSPS) is 11.6. The zero-order valence-corrected chi connectivity index (χ0v) is 16.7. The second kappa shape index (κ2) is 8.77. The lowest BCUT2D eigenvalue weighted by Crippen LogP contribution is -2.38. The van der Waals surface area contributed by atoms with Gasteiger partial charge in [0, 0.05) is 58.5 Å². The average molecular weight is 385 g/mol. The van der Waals surface area contributed by atoms with Crippen LogP contribution in [0.4, 0.5) is 0 Å². The van der Waals surface area contributed by atoms with E-state index in [0.717, 1.165) is 29.8 Å². The highest BCUT2D eigenvalue weighted by Gasteiger charge is 2.10. The molecule has 0 saturated carbocycles. The van der Waals surface area contributed by atoms with Gasteiger partial charge in [0.2, 0.25) is 0 Å². The van der Waals surface area contributed by atoms with Crippen LogP contribution in [0.3, 0.4) is 0 Å². The molecule has 0 atom stereocenters. The molecule has 0 saturated heterocycles. The molecule has 3 rings (SSSR count). The fourth-order valence-electron chi connectivity index (χ4n) is 3.04. The van der Waals surface area contributed by atoms with Crippen molar-refractivity contribution in [3.05, 3.63) is 77.1 Å². The SMILES string of the molecule is CN=C(NCc1cccc(Cn2ccnc2)c1)N(C)Cc1cc(Cl)cn1C. The average Bonchev–Trinajstić information content (AvgIpc) is 3.25. The minimum atomic E-state index is 0.711. The van der Waals surface area contributed by atoms with Crippen molar-refractivity contribution in [2.75, 3.05) is 14.1 Å². The monoisotopic (exact) mass is 384 g/mol. The van der Waals surface area contributed by atoms with Gasteiger partial charge >= 0.3 is 0 Å². The van der Waals surface area contributed by atoms with Crippen molar-refractivity contribution in [1.29, 1.82) is 0 Å². The number of aromatic nitrogens is 3. The largest absolute Gasteiger partial charge is 0.352 e. The molecule has 2 heterocycles. The topological polar surface area (TPSA) is 50.4 Å². The maximum Gasteiger partial charge on any atom is 0.194 e. The van der Waals surface area contributed by atoms with Crippen molar-refractivity contribution in [3.63, 3.8) is 0 Å². The summed E-state index contributed by atoms with van der Waals surface area (Å²) in [5, 5.41) is 4.18. The van der Waals surface area contributed by atoms with E-state index in [-0.39, 0.29) is 0 Å². The second-order valence-electron chi connectivity index (χ2n) is 6.57.